The number of carbonyl (C=O) groups is 2. The van der Waals surface area contributed by atoms with Crippen LogP contribution in [-0.4, -0.2) is 31.6 Å². The summed E-state index contributed by atoms with van der Waals surface area (Å²) in [6.45, 7) is 3.53. The van der Waals surface area contributed by atoms with Gasteiger partial charge in [0.25, 0.3) is 0 Å². The third-order valence-electron chi connectivity index (χ3n) is 3.70. The van der Waals surface area contributed by atoms with Gasteiger partial charge in [0.15, 0.2) is 0 Å². The third kappa shape index (κ3) is 6.04. The highest BCUT2D eigenvalue weighted by molar-refractivity contribution is 6.35. The van der Waals surface area contributed by atoms with Crippen molar-refractivity contribution in [3.63, 3.8) is 0 Å². The first kappa shape index (κ1) is 18.7. The first-order chi connectivity index (χ1) is 12.2. The summed E-state index contributed by atoms with van der Waals surface area (Å²) in [7, 11) is 0. The third-order valence-corrected chi connectivity index (χ3v) is 3.70. The molecule has 2 rings (SSSR count). The van der Waals surface area contributed by atoms with Crippen molar-refractivity contribution in [2.24, 2.45) is 0 Å². The van der Waals surface area contributed by atoms with Crippen LogP contribution in [0.15, 0.2) is 60.7 Å². The van der Waals surface area contributed by atoms with Crippen molar-refractivity contribution >= 4 is 11.8 Å². The summed E-state index contributed by atoms with van der Waals surface area (Å²) in [6.07, 6.45) is 0.674. The van der Waals surface area contributed by atoms with Crippen molar-refractivity contribution in [1.82, 2.24) is 10.6 Å². The normalized spacial score (nSPS) is 10.5. The fourth-order valence-electron chi connectivity index (χ4n) is 2.45. The number of benzene rings is 2. The molecule has 0 bridgehead atoms. The first-order valence-corrected chi connectivity index (χ1v) is 8.48. The lowest BCUT2D eigenvalue weighted by Crippen LogP contribution is -2.42. The molecule has 0 atom stereocenters. The largest absolute Gasteiger partial charge is 0.382 e. The molecule has 0 fully saturated rings. The second-order valence-corrected chi connectivity index (χ2v) is 5.53. The van der Waals surface area contributed by atoms with Crippen molar-refractivity contribution in [2.75, 3.05) is 19.8 Å². The molecule has 0 heterocycles. The van der Waals surface area contributed by atoms with E-state index in [1.807, 2.05) is 67.6 Å². The summed E-state index contributed by atoms with van der Waals surface area (Å²) in [5, 5.41) is 5.44. The number of nitrogens with one attached hydrogen (secondary N) is 2. The molecule has 25 heavy (non-hydrogen) atoms. The minimum atomic E-state index is -0.644. The van der Waals surface area contributed by atoms with Gasteiger partial charge in [-0.3, -0.25) is 9.59 Å². The monoisotopic (exact) mass is 340 g/mol. The van der Waals surface area contributed by atoms with Gasteiger partial charge in [-0.05, 0) is 24.5 Å². The molecule has 0 aliphatic heterocycles. The van der Waals surface area contributed by atoms with Gasteiger partial charge in [0.1, 0.15) is 0 Å². The molecule has 0 radical (unpaired) electrons. The summed E-state index contributed by atoms with van der Waals surface area (Å²) in [4.78, 5) is 24.3. The molecule has 132 valence electrons. The molecule has 2 aromatic rings. The maximum atomic E-state index is 12.3. The Labute approximate surface area is 148 Å². The van der Waals surface area contributed by atoms with Crippen molar-refractivity contribution in [3.8, 4) is 0 Å². The van der Waals surface area contributed by atoms with Crippen LogP contribution in [0.25, 0.3) is 0 Å². The van der Waals surface area contributed by atoms with Crippen LogP contribution in [0.5, 0.6) is 0 Å². The van der Waals surface area contributed by atoms with Gasteiger partial charge in [0, 0.05) is 19.8 Å². The van der Waals surface area contributed by atoms with Crippen LogP contribution in [0.3, 0.4) is 0 Å². The predicted octanol–water partition coefficient (Wildman–Crippen LogP) is 2.44. The van der Waals surface area contributed by atoms with E-state index < -0.39 is 11.8 Å². The molecule has 2 amide bonds. The summed E-state index contributed by atoms with van der Waals surface area (Å²) in [5.74, 6) is -1.28. The maximum Gasteiger partial charge on any atom is 0.310 e. The highest BCUT2D eigenvalue weighted by atomic mass is 16.5. The van der Waals surface area contributed by atoms with Gasteiger partial charge >= 0.3 is 11.8 Å². The Hall–Kier alpha value is -2.66. The van der Waals surface area contributed by atoms with Gasteiger partial charge in [0.2, 0.25) is 0 Å². The number of amides is 2. The van der Waals surface area contributed by atoms with Crippen LogP contribution >= 0.6 is 0 Å². The second-order valence-electron chi connectivity index (χ2n) is 5.53. The molecule has 0 spiro atoms. The van der Waals surface area contributed by atoms with Gasteiger partial charge in [-0.1, -0.05) is 60.7 Å². The van der Waals surface area contributed by atoms with E-state index in [4.69, 9.17) is 4.74 Å². The van der Waals surface area contributed by atoms with Crippen molar-refractivity contribution < 1.29 is 14.3 Å². The molecule has 2 N–H and O–H groups in total. The van der Waals surface area contributed by atoms with E-state index >= 15 is 0 Å². The Morgan fingerprint density at radius 2 is 1.48 bits per heavy atom. The summed E-state index contributed by atoms with van der Waals surface area (Å²) in [5.41, 5.74) is 1.84. The highest BCUT2D eigenvalue weighted by Gasteiger charge is 2.20. The van der Waals surface area contributed by atoms with Gasteiger partial charge in [0.05, 0.1) is 6.04 Å². The Morgan fingerprint density at radius 1 is 0.920 bits per heavy atom. The van der Waals surface area contributed by atoms with Gasteiger partial charge in [-0.15, -0.1) is 0 Å². The average molecular weight is 340 g/mol. The zero-order chi connectivity index (χ0) is 17.9. The molecule has 5 nitrogen and oxygen atoms in total. The molecule has 0 saturated heterocycles. The number of hydrogen-bond donors (Lipinski definition) is 2. The summed E-state index contributed by atoms with van der Waals surface area (Å²) in [6, 6.07) is 18.8. The number of rotatable bonds is 8. The zero-order valence-corrected chi connectivity index (χ0v) is 14.4. The van der Waals surface area contributed by atoms with E-state index in [0.717, 1.165) is 11.1 Å². The number of ether oxygens (including phenoxy) is 1. The molecule has 0 aromatic heterocycles. The van der Waals surface area contributed by atoms with E-state index in [1.54, 1.807) is 0 Å². The van der Waals surface area contributed by atoms with Gasteiger partial charge in [-0.2, -0.15) is 0 Å². The Morgan fingerprint density at radius 3 is 2.00 bits per heavy atom. The quantitative estimate of drug-likeness (QED) is 0.573. The minimum absolute atomic E-state index is 0.371. The van der Waals surface area contributed by atoms with Crippen molar-refractivity contribution in [3.05, 3.63) is 71.8 Å². The summed E-state index contributed by atoms with van der Waals surface area (Å²) < 4.78 is 5.20. The van der Waals surface area contributed by atoms with Crippen LogP contribution in [0, 0.1) is 0 Å². The molecule has 0 saturated carbocycles. The Kier molecular flexibility index (Phi) is 7.66. The van der Waals surface area contributed by atoms with E-state index in [0.29, 0.717) is 26.2 Å². The van der Waals surface area contributed by atoms with Crippen molar-refractivity contribution in [1.29, 1.82) is 0 Å². The SMILES string of the molecule is CCOCCCNC(=O)C(=O)NC(c1ccccc1)c1ccccc1. The first-order valence-electron chi connectivity index (χ1n) is 8.48. The molecule has 0 aliphatic carbocycles. The smallest absolute Gasteiger partial charge is 0.310 e. The summed E-state index contributed by atoms with van der Waals surface area (Å²) >= 11 is 0. The Bertz CT molecular complexity index is 620. The van der Waals surface area contributed by atoms with Crippen molar-refractivity contribution in [2.45, 2.75) is 19.4 Å². The predicted molar refractivity (Wildman–Crippen MR) is 97.0 cm³/mol. The van der Waals surface area contributed by atoms with Crippen LogP contribution < -0.4 is 10.6 Å². The van der Waals surface area contributed by atoms with Crippen LogP contribution in [0.4, 0.5) is 0 Å². The molecule has 2 aromatic carbocycles. The van der Waals surface area contributed by atoms with Crippen LogP contribution in [-0.2, 0) is 14.3 Å². The lowest BCUT2D eigenvalue weighted by atomic mass is 9.99. The maximum absolute atomic E-state index is 12.3. The minimum Gasteiger partial charge on any atom is -0.382 e. The standard InChI is InChI=1S/C20H24N2O3/c1-2-25-15-9-14-21-19(23)20(24)22-18(16-10-5-3-6-11-16)17-12-7-4-8-13-17/h3-8,10-13,18H,2,9,14-15H2,1H3,(H,21,23)(H,22,24). The fraction of sp³-hybridized carbons (Fsp3) is 0.300. The Balaban J connectivity index is 1.99. The highest BCUT2D eigenvalue weighted by Crippen LogP contribution is 2.21. The van der Waals surface area contributed by atoms with Crippen LogP contribution in [0.2, 0.25) is 0 Å². The number of carbonyl (C=O) groups excluding carboxylic acids is 2. The fourth-order valence-corrected chi connectivity index (χ4v) is 2.45. The van der Waals surface area contributed by atoms with Crippen LogP contribution in [0.1, 0.15) is 30.5 Å². The zero-order valence-electron chi connectivity index (χ0n) is 14.4. The number of hydrogen-bond acceptors (Lipinski definition) is 3. The lowest BCUT2D eigenvalue weighted by molar-refractivity contribution is -0.139. The average Bonchev–Trinajstić information content (AvgIpc) is 2.67. The van der Waals surface area contributed by atoms with Gasteiger partial charge < -0.3 is 15.4 Å². The molecule has 0 aliphatic rings. The van der Waals surface area contributed by atoms with E-state index in [9.17, 15) is 9.59 Å². The molecule has 5 heteroatoms. The van der Waals surface area contributed by atoms with E-state index in [-0.39, 0.29) is 6.04 Å². The second kappa shape index (κ2) is 10.3. The molecule has 0 unspecified atom stereocenters. The van der Waals surface area contributed by atoms with Gasteiger partial charge in [-0.25, -0.2) is 0 Å². The molecular formula is C20H24N2O3. The topological polar surface area (TPSA) is 67.4 Å². The lowest BCUT2D eigenvalue weighted by Gasteiger charge is -2.19. The molecular weight excluding hydrogens is 316 g/mol. The van der Waals surface area contributed by atoms with E-state index in [2.05, 4.69) is 10.6 Å². The van der Waals surface area contributed by atoms with E-state index in [1.165, 1.54) is 0 Å².